The predicted molar refractivity (Wildman–Crippen MR) is 103 cm³/mol. The van der Waals surface area contributed by atoms with Crippen LogP contribution in [-0.4, -0.2) is 29.8 Å². The molecule has 0 fully saturated rings. The predicted octanol–water partition coefficient (Wildman–Crippen LogP) is 2.62. The number of aliphatic carboxylic acids is 1. The summed E-state index contributed by atoms with van der Waals surface area (Å²) in [7, 11) is 0. The van der Waals surface area contributed by atoms with Crippen LogP contribution in [0.2, 0.25) is 0 Å². The molecule has 3 rings (SSSR count). The van der Waals surface area contributed by atoms with E-state index in [0.29, 0.717) is 36.4 Å². The van der Waals surface area contributed by atoms with E-state index in [4.69, 9.17) is 9.47 Å². The quantitative estimate of drug-likeness (QED) is 0.615. The Kier molecular flexibility index (Phi) is 6.49. The number of carbonyl (C=O) groups is 2. The lowest BCUT2D eigenvalue weighted by molar-refractivity contribution is -0.140. The Morgan fingerprint density at radius 3 is 2.57 bits per heavy atom. The Morgan fingerprint density at radius 1 is 1.11 bits per heavy atom. The monoisotopic (exact) mass is 384 g/mol. The molecule has 0 spiro atoms. The number of nitrogens with one attached hydrogen (secondary N) is 2. The van der Waals surface area contributed by atoms with Crippen molar-refractivity contribution in [3.05, 3.63) is 59.7 Å². The molecule has 148 valence electrons. The molecule has 0 aliphatic carbocycles. The zero-order chi connectivity index (χ0) is 19.9. The summed E-state index contributed by atoms with van der Waals surface area (Å²) in [5, 5.41) is 15.3. The molecule has 1 aliphatic heterocycles. The van der Waals surface area contributed by atoms with Crippen LogP contribution in [0.5, 0.6) is 11.5 Å². The van der Waals surface area contributed by atoms with E-state index < -0.39 is 18.1 Å². The van der Waals surface area contributed by atoms with Gasteiger partial charge in [-0.25, -0.2) is 0 Å². The molecule has 7 heteroatoms. The van der Waals surface area contributed by atoms with Crippen LogP contribution in [0.15, 0.2) is 48.5 Å². The molecular formula is C21H24N2O5. The number of ether oxygens (including phenoxy) is 2. The number of amides is 1. The SMILES string of the molecule is CCCC(NC(C(=O)NCc1ccc2c(c1)OCO2)c1ccccc1)C(=O)O. The van der Waals surface area contributed by atoms with Crippen LogP contribution in [0.25, 0.3) is 0 Å². The van der Waals surface area contributed by atoms with Crippen LogP contribution in [0.4, 0.5) is 0 Å². The highest BCUT2D eigenvalue weighted by Gasteiger charge is 2.27. The molecule has 0 aromatic heterocycles. The smallest absolute Gasteiger partial charge is 0.320 e. The molecule has 7 nitrogen and oxygen atoms in total. The van der Waals surface area contributed by atoms with Gasteiger partial charge in [0.05, 0.1) is 0 Å². The van der Waals surface area contributed by atoms with E-state index in [2.05, 4.69) is 10.6 Å². The van der Waals surface area contributed by atoms with Crippen molar-refractivity contribution in [1.82, 2.24) is 10.6 Å². The number of carbonyl (C=O) groups excluding carboxylic acids is 1. The first kappa shape index (κ1) is 19.7. The first-order chi connectivity index (χ1) is 13.6. The number of fused-ring (bicyclic) bond motifs is 1. The molecule has 3 N–H and O–H groups in total. The minimum atomic E-state index is -0.966. The zero-order valence-corrected chi connectivity index (χ0v) is 15.7. The van der Waals surface area contributed by atoms with Gasteiger partial charge in [0.15, 0.2) is 11.5 Å². The van der Waals surface area contributed by atoms with Crippen LogP contribution in [0.1, 0.15) is 36.9 Å². The van der Waals surface area contributed by atoms with E-state index in [0.717, 1.165) is 5.56 Å². The third-order valence-corrected chi connectivity index (χ3v) is 4.54. The third kappa shape index (κ3) is 4.80. The van der Waals surface area contributed by atoms with E-state index in [-0.39, 0.29) is 12.7 Å². The van der Waals surface area contributed by atoms with E-state index in [9.17, 15) is 14.7 Å². The Morgan fingerprint density at radius 2 is 1.86 bits per heavy atom. The van der Waals surface area contributed by atoms with E-state index in [1.165, 1.54) is 0 Å². The number of hydrogen-bond donors (Lipinski definition) is 3. The van der Waals surface area contributed by atoms with Gasteiger partial charge in [0.2, 0.25) is 12.7 Å². The zero-order valence-electron chi connectivity index (χ0n) is 15.7. The molecule has 0 bridgehead atoms. The number of rotatable bonds is 9. The second kappa shape index (κ2) is 9.23. The van der Waals surface area contributed by atoms with Crippen LogP contribution < -0.4 is 20.1 Å². The molecule has 1 heterocycles. The highest BCUT2D eigenvalue weighted by atomic mass is 16.7. The van der Waals surface area contributed by atoms with Crippen molar-refractivity contribution in [2.75, 3.05) is 6.79 Å². The summed E-state index contributed by atoms with van der Waals surface area (Å²) in [5.41, 5.74) is 1.58. The molecule has 2 aromatic carbocycles. The molecule has 2 atom stereocenters. The maximum absolute atomic E-state index is 12.9. The number of hydrogen-bond acceptors (Lipinski definition) is 5. The van der Waals surface area contributed by atoms with Crippen molar-refractivity contribution < 1.29 is 24.2 Å². The van der Waals surface area contributed by atoms with Gasteiger partial charge in [0.25, 0.3) is 0 Å². The standard InChI is InChI=1S/C21H24N2O5/c1-2-6-16(21(25)26)23-19(15-7-4-3-5-8-15)20(24)22-12-14-9-10-17-18(11-14)28-13-27-17/h3-5,7-11,16,19,23H,2,6,12-13H2,1H3,(H,22,24)(H,25,26). The van der Waals surface area contributed by atoms with E-state index in [1.807, 2.05) is 49.4 Å². The van der Waals surface area contributed by atoms with Gasteiger partial charge < -0.3 is 19.9 Å². The van der Waals surface area contributed by atoms with Gasteiger partial charge in [-0.15, -0.1) is 0 Å². The Bertz CT molecular complexity index is 825. The summed E-state index contributed by atoms with van der Waals surface area (Å²) in [4.78, 5) is 24.4. The van der Waals surface area contributed by atoms with Gasteiger partial charge in [-0.05, 0) is 29.7 Å². The van der Waals surface area contributed by atoms with Gasteiger partial charge >= 0.3 is 5.97 Å². The van der Waals surface area contributed by atoms with Gasteiger partial charge in [-0.3, -0.25) is 14.9 Å². The van der Waals surface area contributed by atoms with Crippen LogP contribution in [0.3, 0.4) is 0 Å². The molecule has 0 radical (unpaired) electrons. The second-order valence-corrected chi connectivity index (χ2v) is 6.60. The fourth-order valence-electron chi connectivity index (χ4n) is 3.08. The lowest BCUT2D eigenvalue weighted by Gasteiger charge is -2.23. The van der Waals surface area contributed by atoms with Crippen LogP contribution >= 0.6 is 0 Å². The summed E-state index contributed by atoms with van der Waals surface area (Å²) >= 11 is 0. The number of benzene rings is 2. The summed E-state index contributed by atoms with van der Waals surface area (Å²) in [5.74, 6) is 0.0821. The number of carboxylic acids is 1. The molecule has 1 amide bonds. The van der Waals surface area contributed by atoms with E-state index in [1.54, 1.807) is 6.07 Å². The minimum absolute atomic E-state index is 0.194. The Balaban J connectivity index is 1.71. The lowest BCUT2D eigenvalue weighted by Crippen LogP contribution is -2.45. The molecule has 2 aromatic rings. The highest BCUT2D eigenvalue weighted by Crippen LogP contribution is 2.32. The summed E-state index contributed by atoms with van der Waals surface area (Å²) in [6, 6.07) is 13.0. The van der Waals surface area contributed by atoms with Crippen LogP contribution in [-0.2, 0) is 16.1 Å². The second-order valence-electron chi connectivity index (χ2n) is 6.60. The van der Waals surface area contributed by atoms with Crippen molar-refractivity contribution in [1.29, 1.82) is 0 Å². The fourth-order valence-corrected chi connectivity index (χ4v) is 3.08. The van der Waals surface area contributed by atoms with Gasteiger partial charge in [-0.1, -0.05) is 49.7 Å². The molecule has 1 aliphatic rings. The van der Waals surface area contributed by atoms with Gasteiger partial charge in [0.1, 0.15) is 12.1 Å². The van der Waals surface area contributed by atoms with E-state index >= 15 is 0 Å². The maximum Gasteiger partial charge on any atom is 0.320 e. The van der Waals surface area contributed by atoms with Crippen molar-refractivity contribution in [3.8, 4) is 11.5 Å². The minimum Gasteiger partial charge on any atom is -0.480 e. The third-order valence-electron chi connectivity index (χ3n) is 4.54. The fraction of sp³-hybridized carbons (Fsp3) is 0.333. The molecule has 0 saturated carbocycles. The lowest BCUT2D eigenvalue weighted by atomic mass is 10.0. The van der Waals surface area contributed by atoms with Crippen LogP contribution in [0, 0.1) is 0 Å². The molecular weight excluding hydrogens is 360 g/mol. The average molecular weight is 384 g/mol. The van der Waals surface area contributed by atoms with Crippen molar-refractivity contribution in [3.63, 3.8) is 0 Å². The molecule has 28 heavy (non-hydrogen) atoms. The van der Waals surface area contributed by atoms with Crippen molar-refractivity contribution in [2.45, 2.75) is 38.4 Å². The highest BCUT2D eigenvalue weighted by molar-refractivity contribution is 5.84. The summed E-state index contributed by atoms with van der Waals surface area (Å²) in [6.07, 6.45) is 1.14. The maximum atomic E-state index is 12.9. The Labute approximate surface area is 163 Å². The largest absolute Gasteiger partial charge is 0.480 e. The first-order valence-electron chi connectivity index (χ1n) is 9.28. The normalized spacial score (nSPS) is 14.3. The van der Waals surface area contributed by atoms with Gasteiger partial charge in [-0.2, -0.15) is 0 Å². The topological polar surface area (TPSA) is 96.9 Å². The summed E-state index contributed by atoms with van der Waals surface area (Å²) in [6.45, 7) is 2.40. The Hall–Kier alpha value is -3.06. The molecule has 2 unspecified atom stereocenters. The molecule has 0 saturated heterocycles. The van der Waals surface area contributed by atoms with Crippen molar-refractivity contribution in [2.24, 2.45) is 0 Å². The average Bonchev–Trinajstić information content (AvgIpc) is 3.17. The summed E-state index contributed by atoms with van der Waals surface area (Å²) < 4.78 is 10.6. The van der Waals surface area contributed by atoms with Crippen molar-refractivity contribution >= 4 is 11.9 Å². The van der Waals surface area contributed by atoms with Gasteiger partial charge in [0, 0.05) is 6.54 Å². The first-order valence-corrected chi connectivity index (χ1v) is 9.28. The number of carboxylic acid groups (broad SMARTS) is 1.